The number of nitrogens with two attached hydrogens (primary N) is 1. The van der Waals surface area contributed by atoms with E-state index in [0.717, 1.165) is 0 Å². The van der Waals surface area contributed by atoms with Crippen LogP contribution in [0.5, 0.6) is 0 Å². The molecule has 0 aromatic heterocycles. The number of rotatable bonds is 5. The lowest BCUT2D eigenvalue weighted by molar-refractivity contribution is -0.116. The summed E-state index contributed by atoms with van der Waals surface area (Å²) in [6, 6.07) is 4.87. The summed E-state index contributed by atoms with van der Waals surface area (Å²) < 4.78 is 0. The number of anilines is 2. The second-order valence-electron chi connectivity index (χ2n) is 4.60. The van der Waals surface area contributed by atoms with Gasteiger partial charge in [0.05, 0.1) is 11.4 Å². The van der Waals surface area contributed by atoms with Gasteiger partial charge in [-0.05, 0) is 24.6 Å². The van der Waals surface area contributed by atoms with Gasteiger partial charge in [0.15, 0.2) is 0 Å². The maximum absolute atomic E-state index is 11.8. The summed E-state index contributed by atoms with van der Waals surface area (Å²) in [7, 11) is 0. The normalized spacial score (nSPS) is 14.2. The third-order valence-corrected chi connectivity index (χ3v) is 3.30. The monoisotopic (exact) mass is 296 g/mol. The smallest absolute Gasteiger partial charge is 0.317 e. The molecule has 20 heavy (non-hydrogen) atoms. The number of hydrogen-bond acceptors (Lipinski definition) is 3. The van der Waals surface area contributed by atoms with Gasteiger partial charge in [-0.1, -0.05) is 11.6 Å². The number of amides is 3. The number of hydrogen-bond donors (Lipinski definition) is 3. The largest absolute Gasteiger partial charge is 0.397 e. The van der Waals surface area contributed by atoms with Crippen LogP contribution in [-0.2, 0) is 4.79 Å². The van der Waals surface area contributed by atoms with E-state index in [-0.39, 0.29) is 11.9 Å². The van der Waals surface area contributed by atoms with Crippen LogP contribution in [0.3, 0.4) is 0 Å². The summed E-state index contributed by atoms with van der Waals surface area (Å²) in [5, 5.41) is 5.98. The zero-order chi connectivity index (χ0) is 14.5. The zero-order valence-corrected chi connectivity index (χ0v) is 11.7. The molecule has 0 saturated carbocycles. The maximum atomic E-state index is 11.8. The molecular formula is C13H17ClN4O2. The first-order chi connectivity index (χ1) is 9.56. The van der Waals surface area contributed by atoms with E-state index in [1.165, 1.54) is 0 Å². The Hall–Kier alpha value is -1.95. The maximum Gasteiger partial charge on any atom is 0.317 e. The van der Waals surface area contributed by atoms with Crippen molar-refractivity contribution < 1.29 is 9.59 Å². The molecule has 0 bridgehead atoms. The molecule has 1 aliphatic rings. The Labute approximate surface area is 122 Å². The molecule has 108 valence electrons. The van der Waals surface area contributed by atoms with Crippen molar-refractivity contribution in [1.82, 2.24) is 10.2 Å². The van der Waals surface area contributed by atoms with Gasteiger partial charge in [0.2, 0.25) is 5.91 Å². The van der Waals surface area contributed by atoms with Crippen molar-refractivity contribution in [1.29, 1.82) is 0 Å². The van der Waals surface area contributed by atoms with Gasteiger partial charge in [0.1, 0.15) is 0 Å². The van der Waals surface area contributed by atoms with Crippen LogP contribution < -0.4 is 16.4 Å². The van der Waals surface area contributed by atoms with Crippen molar-refractivity contribution >= 4 is 34.9 Å². The molecule has 0 spiro atoms. The fourth-order valence-electron chi connectivity index (χ4n) is 2.02. The van der Waals surface area contributed by atoms with Crippen molar-refractivity contribution in [2.24, 2.45) is 0 Å². The van der Waals surface area contributed by atoms with Gasteiger partial charge in [-0.3, -0.25) is 4.79 Å². The number of nitrogens with one attached hydrogen (secondary N) is 2. The minimum atomic E-state index is -0.126. The molecule has 1 aromatic carbocycles. The first-order valence-corrected chi connectivity index (χ1v) is 6.82. The van der Waals surface area contributed by atoms with Crippen molar-refractivity contribution in [3.05, 3.63) is 23.2 Å². The van der Waals surface area contributed by atoms with Crippen LogP contribution in [-0.4, -0.2) is 36.5 Å². The number of nitrogens with zero attached hydrogens (tertiary/aromatic N) is 1. The molecule has 1 fully saturated rings. The van der Waals surface area contributed by atoms with Gasteiger partial charge in [0.25, 0.3) is 0 Å². The van der Waals surface area contributed by atoms with Crippen LogP contribution in [0.15, 0.2) is 18.2 Å². The topological polar surface area (TPSA) is 87.5 Å². The molecule has 0 aliphatic carbocycles. The predicted molar refractivity (Wildman–Crippen MR) is 78.7 cm³/mol. The van der Waals surface area contributed by atoms with Crippen LogP contribution >= 0.6 is 11.6 Å². The second kappa shape index (κ2) is 6.47. The molecule has 1 saturated heterocycles. The van der Waals surface area contributed by atoms with Gasteiger partial charge < -0.3 is 21.3 Å². The van der Waals surface area contributed by atoms with Gasteiger partial charge in [0, 0.05) is 31.1 Å². The van der Waals surface area contributed by atoms with Crippen LogP contribution in [0.4, 0.5) is 16.2 Å². The lowest BCUT2D eigenvalue weighted by Crippen LogP contribution is -2.29. The Balaban J connectivity index is 1.76. The van der Waals surface area contributed by atoms with E-state index in [0.29, 0.717) is 48.9 Å². The highest BCUT2D eigenvalue weighted by atomic mass is 35.5. The van der Waals surface area contributed by atoms with Crippen LogP contribution in [0.25, 0.3) is 0 Å². The van der Waals surface area contributed by atoms with Gasteiger partial charge in [-0.25, -0.2) is 4.79 Å². The molecule has 1 aromatic rings. The highest BCUT2D eigenvalue weighted by Crippen LogP contribution is 2.22. The molecular weight excluding hydrogens is 280 g/mol. The number of carbonyl (C=O) groups excluding carboxylic acids is 2. The Kier molecular flexibility index (Phi) is 4.68. The van der Waals surface area contributed by atoms with Gasteiger partial charge in [-0.15, -0.1) is 0 Å². The number of urea groups is 1. The average molecular weight is 297 g/mol. The van der Waals surface area contributed by atoms with Crippen molar-refractivity contribution in [3.63, 3.8) is 0 Å². The third-order valence-electron chi connectivity index (χ3n) is 3.06. The van der Waals surface area contributed by atoms with Crippen LogP contribution in [0.1, 0.15) is 12.8 Å². The molecule has 4 N–H and O–H groups in total. The van der Waals surface area contributed by atoms with Gasteiger partial charge >= 0.3 is 6.03 Å². The van der Waals surface area contributed by atoms with E-state index in [2.05, 4.69) is 10.6 Å². The highest BCUT2D eigenvalue weighted by molar-refractivity contribution is 6.31. The fraction of sp³-hybridized carbons (Fsp3) is 0.385. The lowest BCUT2D eigenvalue weighted by Gasteiger charge is -2.13. The molecule has 2 rings (SSSR count). The number of nitrogen functional groups attached to an aromatic ring is 1. The first-order valence-electron chi connectivity index (χ1n) is 6.44. The van der Waals surface area contributed by atoms with E-state index in [9.17, 15) is 9.59 Å². The van der Waals surface area contributed by atoms with Gasteiger partial charge in [-0.2, -0.15) is 0 Å². The Morgan fingerprint density at radius 1 is 1.50 bits per heavy atom. The summed E-state index contributed by atoms with van der Waals surface area (Å²) in [5.41, 5.74) is 6.74. The van der Waals surface area contributed by atoms with E-state index < -0.39 is 0 Å². The van der Waals surface area contributed by atoms with Crippen LogP contribution in [0.2, 0.25) is 5.02 Å². The minimum absolute atomic E-state index is 0.0626. The highest BCUT2D eigenvalue weighted by Gasteiger charge is 2.18. The molecule has 0 radical (unpaired) electrons. The zero-order valence-electron chi connectivity index (χ0n) is 11.0. The third kappa shape index (κ3) is 3.77. The van der Waals surface area contributed by atoms with Crippen molar-refractivity contribution in [3.8, 4) is 0 Å². The molecule has 0 atom stereocenters. The van der Waals surface area contributed by atoms with Crippen molar-refractivity contribution in [2.75, 3.05) is 30.7 Å². The second-order valence-corrected chi connectivity index (χ2v) is 5.04. The van der Waals surface area contributed by atoms with E-state index in [4.69, 9.17) is 17.3 Å². The SMILES string of the molecule is Nc1cc(Cl)ccc1NC(=O)CCCN1CCNC1=O. The Morgan fingerprint density at radius 2 is 2.30 bits per heavy atom. The summed E-state index contributed by atoms with van der Waals surface area (Å²) in [5.74, 6) is -0.126. The summed E-state index contributed by atoms with van der Waals surface area (Å²) >= 11 is 5.79. The standard InChI is InChI=1S/C13H17ClN4O2/c14-9-3-4-11(10(15)8-9)17-12(19)2-1-6-18-7-5-16-13(18)20/h3-4,8H,1-2,5-7,15H2,(H,16,20)(H,17,19). The molecule has 6 nitrogen and oxygen atoms in total. The quantitative estimate of drug-likeness (QED) is 0.722. The number of benzene rings is 1. The van der Waals surface area contributed by atoms with E-state index in [1.807, 2.05) is 0 Å². The minimum Gasteiger partial charge on any atom is -0.397 e. The predicted octanol–water partition coefficient (Wildman–Crippen LogP) is 1.67. The fourth-order valence-corrected chi connectivity index (χ4v) is 2.20. The number of halogens is 1. The van der Waals surface area contributed by atoms with E-state index >= 15 is 0 Å². The van der Waals surface area contributed by atoms with E-state index in [1.54, 1.807) is 23.1 Å². The van der Waals surface area contributed by atoms with Crippen LogP contribution in [0, 0.1) is 0 Å². The average Bonchev–Trinajstić information content (AvgIpc) is 2.79. The Bertz CT molecular complexity index is 521. The Morgan fingerprint density at radius 3 is 2.95 bits per heavy atom. The summed E-state index contributed by atoms with van der Waals surface area (Å²) in [6.45, 7) is 1.95. The lowest BCUT2D eigenvalue weighted by atomic mass is 10.2. The molecule has 1 aliphatic heterocycles. The summed E-state index contributed by atoms with van der Waals surface area (Å²) in [6.07, 6.45) is 0.957. The molecule has 1 heterocycles. The molecule has 7 heteroatoms. The first kappa shape index (κ1) is 14.5. The molecule has 3 amide bonds. The number of carbonyl (C=O) groups is 2. The van der Waals surface area contributed by atoms with Crippen molar-refractivity contribution in [2.45, 2.75) is 12.8 Å². The molecule has 0 unspecified atom stereocenters. The summed E-state index contributed by atoms with van der Waals surface area (Å²) in [4.78, 5) is 24.8.